The maximum Gasteiger partial charge on any atom is 0.0591 e. The van der Waals surface area contributed by atoms with Crippen LogP contribution in [0.15, 0.2) is 0 Å². The van der Waals surface area contributed by atoms with E-state index < -0.39 is 5.60 Å². The predicted molar refractivity (Wildman–Crippen MR) is 86.6 cm³/mol. The molecule has 0 aliphatic heterocycles. The Balaban J connectivity index is 2.99. The van der Waals surface area contributed by atoms with E-state index in [0.29, 0.717) is 0 Å². The summed E-state index contributed by atoms with van der Waals surface area (Å²) in [6, 6.07) is 0. The maximum absolute atomic E-state index is 9.59. The van der Waals surface area contributed by atoms with E-state index in [0.717, 1.165) is 6.42 Å². The van der Waals surface area contributed by atoms with E-state index >= 15 is 0 Å². The molecule has 1 nitrogen and oxygen atoms in total. The van der Waals surface area contributed by atoms with Crippen molar-refractivity contribution in [2.45, 2.75) is 116 Å². The van der Waals surface area contributed by atoms with E-state index in [1.807, 2.05) is 13.8 Å². The third-order valence-electron chi connectivity index (χ3n) is 3.89. The number of rotatable bonds is 14. The highest BCUT2D eigenvalue weighted by atomic mass is 16.3. The molecule has 19 heavy (non-hydrogen) atoms. The molecule has 0 spiro atoms. The fraction of sp³-hybridized carbons (Fsp3) is 1.00. The Hall–Kier alpha value is -0.0400. The van der Waals surface area contributed by atoms with Crippen LogP contribution in [-0.4, -0.2) is 10.7 Å². The van der Waals surface area contributed by atoms with Gasteiger partial charge in [-0.1, -0.05) is 90.4 Å². The molecule has 1 heteroatoms. The molecule has 0 aliphatic rings. The van der Waals surface area contributed by atoms with Crippen LogP contribution >= 0.6 is 0 Å². The summed E-state index contributed by atoms with van der Waals surface area (Å²) in [5, 5.41) is 9.59. The van der Waals surface area contributed by atoms with Gasteiger partial charge in [0.2, 0.25) is 0 Å². The predicted octanol–water partition coefficient (Wildman–Crippen LogP) is 6.24. The average molecular weight is 271 g/mol. The Kier molecular flexibility index (Phi) is 12.9. The first-order chi connectivity index (χ1) is 9.06. The van der Waals surface area contributed by atoms with Crippen molar-refractivity contribution in [1.29, 1.82) is 0 Å². The molecule has 0 amide bonds. The largest absolute Gasteiger partial charge is 0.390 e. The normalized spacial score (nSPS) is 12.0. The third kappa shape index (κ3) is 18.0. The lowest BCUT2D eigenvalue weighted by Crippen LogP contribution is -2.17. The van der Waals surface area contributed by atoms with E-state index in [9.17, 15) is 5.11 Å². The van der Waals surface area contributed by atoms with Gasteiger partial charge in [0.25, 0.3) is 0 Å². The molecular formula is C18H38O. The minimum Gasteiger partial charge on any atom is -0.390 e. The van der Waals surface area contributed by atoms with Gasteiger partial charge >= 0.3 is 0 Å². The van der Waals surface area contributed by atoms with Crippen molar-refractivity contribution < 1.29 is 5.11 Å². The summed E-state index contributed by atoms with van der Waals surface area (Å²) in [6.07, 6.45) is 19.0. The summed E-state index contributed by atoms with van der Waals surface area (Å²) in [5.74, 6) is 0. The molecule has 0 atom stereocenters. The quantitative estimate of drug-likeness (QED) is 0.370. The Morgan fingerprint density at radius 3 is 1.21 bits per heavy atom. The van der Waals surface area contributed by atoms with Crippen LogP contribution in [0.1, 0.15) is 111 Å². The van der Waals surface area contributed by atoms with Crippen molar-refractivity contribution in [3.05, 3.63) is 0 Å². The van der Waals surface area contributed by atoms with Crippen LogP contribution in [-0.2, 0) is 0 Å². The zero-order valence-electron chi connectivity index (χ0n) is 13.8. The molecule has 0 radical (unpaired) electrons. The first-order valence-electron chi connectivity index (χ1n) is 8.78. The first kappa shape index (κ1) is 19.0. The van der Waals surface area contributed by atoms with Gasteiger partial charge in [0.05, 0.1) is 5.60 Å². The summed E-state index contributed by atoms with van der Waals surface area (Å²) in [6.45, 7) is 6.10. The van der Waals surface area contributed by atoms with Crippen LogP contribution in [0.4, 0.5) is 0 Å². The van der Waals surface area contributed by atoms with Gasteiger partial charge in [0.1, 0.15) is 0 Å². The highest BCUT2D eigenvalue weighted by molar-refractivity contribution is 4.64. The molecule has 0 rings (SSSR count). The van der Waals surface area contributed by atoms with Crippen molar-refractivity contribution in [1.82, 2.24) is 0 Å². The Morgan fingerprint density at radius 2 is 0.895 bits per heavy atom. The fourth-order valence-electron chi connectivity index (χ4n) is 2.58. The Labute approximate surface area is 122 Å². The summed E-state index contributed by atoms with van der Waals surface area (Å²) < 4.78 is 0. The summed E-state index contributed by atoms with van der Waals surface area (Å²) in [4.78, 5) is 0. The van der Waals surface area contributed by atoms with Gasteiger partial charge in [-0.3, -0.25) is 0 Å². The minimum absolute atomic E-state index is 0.461. The molecule has 0 saturated carbocycles. The van der Waals surface area contributed by atoms with E-state index in [1.165, 1.54) is 83.5 Å². The van der Waals surface area contributed by atoms with E-state index in [-0.39, 0.29) is 0 Å². The molecule has 0 aromatic rings. The number of unbranched alkanes of at least 4 members (excludes halogenated alkanes) is 12. The van der Waals surface area contributed by atoms with Crippen LogP contribution in [0.2, 0.25) is 0 Å². The Bertz CT molecular complexity index is 169. The standard InChI is InChI=1S/C18H38O/c1-4-5-6-7-8-9-10-11-12-13-14-15-16-17-18(2,3)19/h19H,4-17H2,1-3H3. The molecule has 0 fully saturated rings. The molecule has 0 aliphatic carbocycles. The molecule has 0 unspecified atom stereocenters. The van der Waals surface area contributed by atoms with Gasteiger partial charge in [-0.25, -0.2) is 0 Å². The number of hydrogen-bond donors (Lipinski definition) is 1. The molecule has 0 heterocycles. The molecule has 0 saturated heterocycles. The monoisotopic (exact) mass is 270 g/mol. The minimum atomic E-state index is -0.461. The topological polar surface area (TPSA) is 20.2 Å². The third-order valence-corrected chi connectivity index (χ3v) is 3.89. The number of aliphatic hydroxyl groups is 1. The van der Waals surface area contributed by atoms with Crippen molar-refractivity contribution in [3.8, 4) is 0 Å². The zero-order valence-corrected chi connectivity index (χ0v) is 13.8. The van der Waals surface area contributed by atoms with Crippen LogP contribution in [0, 0.1) is 0 Å². The molecule has 1 N–H and O–H groups in total. The van der Waals surface area contributed by atoms with Gasteiger partial charge in [-0.15, -0.1) is 0 Å². The van der Waals surface area contributed by atoms with Crippen molar-refractivity contribution in [3.63, 3.8) is 0 Å². The van der Waals surface area contributed by atoms with Crippen LogP contribution in [0.25, 0.3) is 0 Å². The lowest BCUT2D eigenvalue weighted by molar-refractivity contribution is 0.0680. The van der Waals surface area contributed by atoms with Crippen molar-refractivity contribution in [2.75, 3.05) is 0 Å². The molecule has 116 valence electrons. The number of hydrogen-bond acceptors (Lipinski definition) is 1. The van der Waals surface area contributed by atoms with E-state index in [1.54, 1.807) is 0 Å². The molecule has 0 aromatic heterocycles. The van der Waals surface area contributed by atoms with Crippen molar-refractivity contribution in [2.24, 2.45) is 0 Å². The smallest absolute Gasteiger partial charge is 0.0591 e. The highest BCUT2D eigenvalue weighted by Crippen LogP contribution is 2.16. The summed E-state index contributed by atoms with van der Waals surface area (Å²) in [5.41, 5.74) is -0.461. The van der Waals surface area contributed by atoms with E-state index in [4.69, 9.17) is 0 Å². The SMILES string of the molecule is CCCCCCCCCCCCCCCC(C)(C)O. The second kappa shape index (κ2) is 13.0. The van der Waals surface area contributed by atoms with Crippen LogP contribution < -0.4 is 0 Å². The Morgan fingerprint density at radius 1 is 0.579 bits per heavy atom. The van der Waals surface area contributed by atoms with Crippen LogP contribution in [0.5, 0.6) is 0 Å². The van der Waals surface area contributed by atoms with E-state index in [2.05, 4.69) is 6.92 Å². The lowest BCUT2D eigenvalue weighted by atomic mass is 9.99. The molecule has 0 aromatic carbocycles. The van der Waals surface area contributed by atoms with Crippen molar-refractivity contribution >= 4 is 0 Å². The van der Waals surface area contributed by atoms with Gasteiger partial charge in [-0.2, -0.15) is 0 Å². The average Bonchev–Trinajstić information content (AvgIpc) is 2.34. The van der Waals surface area contributed by atoms with Crippen LogP contribution in [0.3, 0.4) is 0 Å². The van der Waals surface area contributed by atoms with Gasteiger partial charge in [0, 0.05) is 0 Å². The molecular weight excluding hydrogens is 232 g/mol. The summed E-state index contributed by atoms with van der Waals surface area (Å²) in [7, 11) is 0. The fourth-order valence-corrected chi connectivity index (χ4v) is 2.58. The second-order valence-electron chi connectivity index (χ2n) is 6.81. The molecule has 0 bridgehead atoms. The summed E-state index contributed by atoms with van der Waals surface area (Å²) >= 11 is 0. The van der Waals surface area contributed by atoms with Gasteiger partial charge in [-0.05, 0) is 20.3 Å². The lowest BCUT2D eigenvalue weighted by Gasteiger charge is -2.16. The first-order valence-corrected chi connectivity index (χ1v) is 8.78. The maximum atomic E-state index is 9.59. The highest BCUT2D eigenvalue weighted by Gasteiger charge is 2.10. The second-order valence-corrected chi connectivity index (χ2v) is 6.81. The van der Waals surface area contributed by atoms with Gasteiger partial charge < -0.3 is 5.11 Å². The van der Waals surface area contributed by atoms with Gasteiger partial charge in [0.15, 0.2) is 0 Å². The zero-order chi connectivity index (χ0) is 14.4.